The molecule has 1 saturated carbocycles. The summed E-state index contributed by atoms with van der Waals surface area (Å²) in [5.41, 5.74) is 7.45. The number of rotatable bonds is 6. The summed E-state index contributed by atoms with van der Waals surface area (Å²) in [4.78, 5) is 24.6. The monoisotopic (exact) mass is 355 g/mol. The zero-order valence-corrected chi connectivity index (χ0v) is 15.1. The Bertz CT molecular complexity index is 780. The number of nitrogens with zero attached hydrogens (tertiary/aromatic N) is 3. The van der Waals surface area contributed by atoms with E-state index in [0.717, 1.165) is 24.1 Å². The number of carbonyl (C=O) groups excluding carboxylic acids is 1. The lowest BCUT2D eigenvalue weighted by atomic mass is 9.90. The van der Waals surface area contributed by atoms with Crippen LogP contribution in [-0.2, 0) is 0 Å². The van der Waals surface area contributed by atoms with Gasteiger partial charge in [-0.05, 0) is 38.4 Å². The maximum Gasteiger partial charge on any atom is 0.254 e. The van der Waals surface area contributed by atoms with E-state index in [2.05, 4.69) is 30.9 Å². The summed E-state index contributed by atoms with van der Waals surface area (Å²) in [7, 11) is 1.97. The molecule has 1 aliphatic carbocycles. The van der Waals surface area contributed by atoms with E-state index in [1.54, 1.807) is 12.4 Å². The van der Waals surface area contributed by atoms with Gasteiger partial charge in [0.05, 0.1) is 11.9 Å². The molecular weight excluding hydrogens is 330 g/mol. The van der Waals surface area contributed by atoms with E-state index in [1.165, 1.54) is 19.0 Å². The van der Waals surface area contributed by atoms with Gasteiger partial charge in [-0.2, -0.15) is 4.98 Å². The van der Waals surface area contributed by atoms with Crippen molar-refractivity contribution in [3.05, 3.63) is 35.8 Å². The summed E-state index contributed by atoms with van der Waals surface area (Å²) in [5, 5.41) is 9.87. The molecule has 0 aromatic carbocycles. The molecular formula is C18H25N7O. The number of pyridine rings is 1. The molecule has 5 N–H and O–H groups in total. The van der Waals surface area contributed by atoms with Gasteiger partial charge >= 0.3 is 0 Å². The van der Waals surface area contributed by atoms with Crippen LogP contribution in [0.15, 0.2) is 24.7 Å². The number of hydrogen-bond donors (Lipinski definition) is 4. The molecule has 0 unspecified atom stereocenters. The fourth-order valence-corrected chi connectivity index (χ4v) is 3.30. The molecule has 138 valence electrons. The van der Waals surface area contributed by atoms with E-state index < -0.39 is 5.91 Å². The molecule has 2 aromatic rings. The molecule has 1 amide bonds. The Balaban J connectivity index is 1.85. The lowest BCUT2D eigenvalue weighted by molar-refractivity contribution is 0.100. The third kappa shape index (κ3) is 4.26. The Morgan fingerprint density at radius 3 is 2.65 bits per heavy atom. The van der Waals surface area contributed by atoms with Crippen LogP contribution in [0.2, 0.25) is 0 Å². The van der Waals surface area contributed by atoms with Gasteiger partial charge in [0.25, 0.3) is 5.91 Å². The number of amides is 1. The van der Waals surface area contributed by atoms with Crippen LogP contribution in [0.5, 0.6) is 0 Å². The average Bonchev–Trinajstić information content (AvgIpc) is 2.62. The van der Waals surface area contributed by atoms with E-state index >= 15 is 0 Å². The molecule has 2 heterocycles. The van der Waals surface area contributed by atoms with Crippen molar-refractivity contribution >= 4 is 23.4 Å². The van der Waals surface area contributed by atoms with E-state index in [0.29, 0.717) is 17.8 Å². The van der Waals surface area contributed by atoms with Gasteiger partial charge in [-0.25, -0.2) is 4.98 Å². The van der Waals surface area contributed by atoms with Crippen molar-refractivity contribution in [3.63, 3.8) is 0 Å². The smallest absolute Gasteiger partial charge is 0.254 e. The molecule has 0 radical (unpaired) electrons. The minimum Gasteiger partial charge on any atom is -0.365 e. The second-order valence-electron chi connectivity index (χ2n) is 6.63. The van der Waals surface area contributed by atoms with Crippen LogP contribution in [-0.4, -0.2) is 40.0 Å². The van der Waals surface area contributed by atoms with Crippen LogP contribution in [0.4, 0.5) is 17.5 Å². The number of nitrogens with two attached hydrogens (primary N) is 1. The van der Waals surface area contributed by atoms with Crippen molar-refractivity contribution in [2.75, 3.05) is 17.7 Å². The first kappa shape index (κ1) is 18.1. The van der Waals surface area contributed by atoms with E-state index in [-0.39, 0.29) is 11.6 Å². The van der Waals surface area contributed by atoms with Gasteiger partial charge in [0.15, 0.2) is 0 Å². The van der Waals surface area contributed by atoms with Gasteiger partial charge in [-0.1, -0.05) is 12.8 Å². The van der Waals surface area contributed by atoms with Gasteiger partial charge in [0.2, 0.25) is 5.95 Å². The molecule has 0 bridgehead atoms. The first-order valence-electron chi connectivity index (χ1n) is 8.86. The number of aromatic nitrogens is 3. The van der Waals surface area contributed by atoms with E-state index in [9.17, 15) is 4.79 Å². The quantitative estimate of drug-likeness (QED) is 0.625. The first-order chi connectivity index (χ1) is 12.6. The number of aryl methyl sites for hydroxylation is 1. The summed E-state index contributed by atoms with van der Waals surface area (Å²) >= 11 is 0. The molecule has 8 heteroatoms. The lowest BCUT2D eigenvalue weighted by Gasteiger charge is -2.32. The summed E-state index contributed by atoms with van der Waals surface area (Å²) in [5.74, 6) is 0.273. The molecule has 0 saturated heterocycles. The van der Waals surface area contributed by atoms with Crippen molar-refractivity contribution < 1.29 is 4.79 Å². The largest absolute Gasteiger partial charge is 0.365 e. The Labute approximate surface area is 153 Å². The third-order valence-corrected chi connectivity index (χ3v) is 4.64. The number of anilines is 3. The normalized spacial score (nSPS) is 19.8. The van der Waals surface area contributed by atoms with Gasteiger partial charge in [-0.15, -0.1) is 0 Å². The zero-order valence-electron chi connectivity index (χ0n) is 15.1. The molecule has 8 nitrogen and oxygen atoms in total. The van der Waals surface area contributed by atoms with E-state index in [4.69, 9.17) is 5.73 Å². The van der Waals surface area contributed by atoms with Crippen molar-refractivity contribution in [3.8, 4) is 0 Å². The number of carbonyl (C=O) groups is 1. The summed E-state index contributed by atoms with van der Waals surface area (Å²) < 4.78 is 0. The van der Waals surface area contributed by atoms with Crippen LogP contribution in [0.1, 0.15) is 41.6 Å². The molecule has 26 heavy (non-hydrogen) atoms. The highest BCUT2D eigenvalue weighted by Gasteiger charge is 2.24. The van der Waals surface area contributed by atoms with Crippen LogP contribution < -0.4 is 21.7 Å². The maximum absolute atomic E-state index is 11.7. The number of hydrogen-bond acceptors (Lipinski definition) is 7. The van der Waals surface area contributed by atoms with Crippen molar-refractivity contribution in [2.24, 2.45) is 5.73 Å². The minimum absolute atomic E-state index is 0.242. The van der Waals surface area contributed by atoms with Gasteiger partial charge in [0, 0.05) is 24.5 Å². The predicted molar refractivity (Wildman–Crippen MR) is 102 cm³/mol. The number of primary amides is 1. The lowest BCUT2D eigenvalue weighted by Crippen LogP contribution is -2.44. The molecule has 1 aliphatic rings. The van der Waals surface area contributed by atoms with Crippen LogP contribution >= 0.6 is 0 Å². The Morgan fingerprint density at radius 1 is 1.19 bits per heavy atom. The predicted octanol–water partition coefficient (Wildman–Crippen LogP) is 1.97. The highest BCUT2D eigenvalue weighted by atomic mass is 16.1. The zero-order chi connectivity index (χ0) is 18.5. The van der Waals surface area contributed by atoms with Gasteiger partial charge in [-0.3, -0.25) is 9.78 Å². The maximum atomic E-state index is 11.7. The highest BCUT2D eigenvalue weighted by molar-refractivity contribution is 5.98. The standard InChI is InChI=1S/C18H25N7O/c1-11-7-12(9-21-8-11)23-17-13(16(19)26)10-22-18(25-17)24-15-6-4-3-5-14(15)20-2/h7-10,14-15,20H,3-6H2,1-2H3,(H2,19,26)(H2,22,23,24,25)/t14-,15+/m0/s1. The van der Waals surface area contributed by atoms with Crippen LogP contribution in [0.25, 0.3) is 0 Å². The van der Waals surface area contributed by atoms with Crippen molar-refractivity contribution in [2.45, 2.75) is 44.7 Å². The Kier molecular flexibility index (Phi) is 5.62. The molecule has 2 aromatic heterocycles. The summed E-state index contributed by atoms with van der Waals surface area (Å²) in [6.07, 6.45) is 9.46. The molecule has 0 spiro atoms. The summed E-state index contributed by atoms with van der Waals surface area (Å²) in [6, 6.07) is 2.55. The SMILES string of the molecule is CN[C@H]1CCCC[C@H]1Nc1ncc(C(N)=O)c(Nc2cncc(C)c2)n1. The van der Waals surface area contributed by atoms with Crippen molar-refractivity contribution in [1.29, 1.82) is 0 Å². The van der Waals surface area contributed by atoms with Gasteiger partial charge < -0.3 is 21.7 Å². The van der Waals surface area contributed by atoms with Crippen LogP contribution in [0, 0.1) is 6.92 Å². The van der Waals surface area contributed by atoms with Gasteiger partial charge in [0.1, 0.15) is 11.4 Å². The fourth-order valence-electron chi connectivity index (χ4n) is 3.30. The number of nitrogens with one attached hydrogen (secondary N) is 3. The molecule has 3 rings (SSSR count). The first-order valence-corrected chi connectivity index (χ1v) is 8.86. The second kappa shape index (κ2) is 8.09. The van der Waals surface area contributed by atoms with Crippen molar-refractivity contribution in [1.82, 2.24) is 20.3 Å². The molecule has 0 aliphatic heterocycles. The summed E-state index contributed by atoms with van der Waals surface area (Å²) in [6.45, 7) is 1.95. The second-order valence-corrected chi connectivity index (χ2v) is 6.63. The topological polar surface area (TPSA) is 118 Å². The molecule has 2 atom stereocenters. The number of likely N-dealkylation sites (N-methyl/N-ethyl adjacent to an activating group) is 1. The Morgan fingerprint density at radius 2 is 1.96 bits per heavy atom. The van der Waals surface area contributed by atoms with Crippen LogP contribution in [0.3, 0.4) is 0 Å². The van der Waals surface area contributed by atoms with E-state index in [1.807, 2.05) is 20.0 Å². The average molecular weight is 355 g/mol. The fraction of sp³-hybridized carbons (Fsp3) is 0.444. The highest BCUT2D eigenvalue weighted by Crippen LogP contribution is 2.23. The minimum atomic E-state index is -0.578. The third-order valence-electron chi connectivity index (χ3n) is 4.64. The Hall–Kier alpha value is -2.74. The molecule has 1 fully saturated rings.